The first-order chi connectivity index (χ1) is 16.5. The first kappa shape index (κ1) is 24.4. The summed E-state index contributed by atoms with van der Waals surface area (Å²) in [6.07, 6.45) is 2.94. The predicted molar refractivity (Wildman–Crippen MR) is 132 cm³/mol. The Bertz CT molecular complexity index is 1070. The topological polar surface area (TPSA) is 107 Å². The van der Waals surface area contributed by atoms with E-state index in [-0.39, 0.29) is 28.6 Å². The normalized spacial score (nSPS) is 24.3. The van der Waals surface area contributed by atoms with Gasteiger partial charge in [0.25, 0.3) is 0 Å². The van der Waals surface area contributed by atoms with Crippen molar-refractivity contribution in [2.24, 2.45) is 11.1 Å². The molecule has 0 unspecified atom stereocenters. The van der Waals surface area contributed by atoms with Crippen LogP contribution >= 0.6 is 0 Å². The second-order valence-corrected chi connectivity index (χ2v) is 16.6. The first-order valence-electron chi connectivity index (χ1n) is 12.5. The number of nitrogens with zero attached hydrogens (tertiary/aromatic N) is 4. The Labute approximate surface area is 208 Å². The van der Waals surface area contributed by atoms with Crippen molar-refractivity contribution >= 4 is 14.3 Å². The minimum atomic E-state index is -1.94. The Morgan fingerprint density at radius 1 is 1.23 bits per heavy atom. The summed E-state index contributed by atoms with van der Waals surface area (Å²) in [5, 5.41) is 10.2. The molecule has 2 aromatic rings. The third kappa shape index (κ3) is 4.52. The highest BCUT2D eigenvalue weighted by molar-refractivity contribution is 6.74. The number of rotatable bonds is 8. The molecule has 1 aromatic heterocycles. The lowest BCUT2D eigenvalue weighted by molar-refractivity contribution is -0.153. The van der Waals surface area contributed by atoms with Crippen molar-refractivity contribution in [3.63, 3.8) is 0 Å². The second kappa shape index (κ2) is 8.69. The second-order valence-electron chi connectivity index (χ2n) is 11.8. The fourth-order valence-corrected chi connectivity index (χ4v) is 5.86. The number of hydroxylamine groups is 2. The number of benzene rings is 1. The van der Waals surface area contributed by atoms with Gasteiger partial charge in [0, 0.05) is 6.54 Å². The van der Waals surface area contributed by atoms with Crippen LogP contribution in [0.5, 0.6) is 0 Å². The molecule has 35 heavy (non-hydrogen) atoms. The van der Waals surface area contributed by atoms with Crippen LogP contribution < -0.4 is 5.73 Å². The lowest BCUT2D eigenvalue weighted by atomic mass is 9.85. The van der Waals surface area contributed by atoms with Crippen LogP contribution in [0.2, 0.25) is 18.1 Å². The number of carbonyl (C=O) groups excluding carboxylic acids is 1. The lowest BCUT2D eigenvalue weighted by Gasteiger charge is -2.36. The maximum Gasteiger partial charge on any atom is 0.345 e. The number of fused-ring (bicyclic) bond motifs is 3. The van der Waals surface area contributed by atoms with E-state index in [4.69, 9.17) is 19.4 Å². The fraction of sp³-hybridized carbons (Fsp3) is 0.640. The molecule has 1 aromatic carbocycles. The number of amides is 2. The van der Waals surface area contributed by atoms with Gasteiger partial charge in [-0.05, 0) is 48.4 Å². The van der Waals surface area contributed by atoms with E-state index < -0.39 is 14.4 Å². The van der Waals surface area contributed by atoms with Crippen LogP contribution in [0.15, 0.2) is 34.7 Å². The summed E-state index contributed by atoms with van der Waals surface area (Å²) in [5.41, 5.74) is 7.45. The van der Waals surface area contributed by atoms with Crippen LogP contribution in [-0.2, 0) is 15.9 Å². The van der Waals surface area contributed by atoms with Crippen LogP contribution in [0.4, 0.5) is 4.79 Å². The van der Waals surface area contributed by atoms with Crippen molar-refractivity contribution in [2.75, 3.05) is 13.2 Å². The molecule has 3 fully saturated rings. The van der Waals surface area contributed by atoms with Gasteiger partial charge in [-0.3, -0.25) is 4.84 Å². The molecule has 190 valence electrons. The number of piperidine rings is 1. The zero-order valence-electron chi connectivity index (χ0n) is 21.4. The van der Waals surface area contributed by atoms with Crippen molar-refractivity contribution in [1.29, 1.82) is 0 Å². The van der Waals surface area contributed by atoms with Crippen LogP contribution in [0, 0.1) is 5.41 Å². The van der Waals surface area contributed by atoms with Gasteiger partial charge in [0.2, 0.25) is 11.8 Å². The van der Waals surface area contributed by atoms with Gasteiger partial charge in [0.1, 0.15) is 18.7 Å². The Morgan fingerprint density at radius 2 is 1.94 bits per heavy atom. The molecule has 5 rings (SSSR count). The van der Waals surface area contributed by atoms with Gasteiger partial charge in [-0.25, -0.2) is 4.79 Å². The van der Waals surface area contributed by atoms with Crippen LogP contribution in [0.1, 0.15) is 69.5 Å². The summed E-state index contributed by atoms with van der Waals surface area (Å²) in [7, 11) is -1.94. The molecule has 1 spiro atoms. The molecule has 1 saturated carbocycles. The van der Waals surface area contributed by atoms with Crippen LogP contribution in [-0.4, -0.2) is 53.7 Å². The highest BCUT2D eigenvalue weighted by Gasteiger charge is 2.64. The highest BCUT2D eigenvalue weighted by atomic mass is 28.4. The molecular weight excluding hydrogens is 462 g/mol. The monoisotopic (exact) mass is 499 g/mol. The fourth-order valence-electron chi connectivity index (χ4n) is 4.83. The quantitative estimate of drug-likeness (QED) is 0.531. The number of carbonyl (C=O) groups is 1. The average Bonchev–Trinajstić information content (AvgIpc) is 3.28. The molecule has 1 aliphatic carbocycles. The third-order valence-corrected chi connectivity index (χ3v) is 12.9. The van der Waals surface area contributed by atoms with Crippen molar-refractivity contribution in [1.82, 2.24) is 20.2 Å². The number of urea groups is 1. The molecule has 2 bridgehead atoms. The molecule has 0 radical (unpaired) electrons. The molecular formula is C25H37N5O4Si. The number of nitrogens with two attached hydrogens (primary N) is 1. The summed E-state index contributed by atoms with van der Waals surface area (Å²) in [6.45, 7) is 12.3. The Hall–Kier alpha value is -2.27. The van der Waals surface area contributed by atoms with Gasteiger partial charge >= 0.3 is 6.03 Å². The zero-order valence-corrected chi connectivity index (χ0v) is 22.4. The largest absolute Gasteiger partial charge is 0.421 e. The molecule has 3 aliphatic rings. The van der Waals surface area contributed by atoms with Crippen LogP contribution in [0.25, 0.3) is 0 Å². The van der Waals surface area contributed by atoms with E-state index in [2.05, 4.69) is 44.1 Å². The van der Waals surface area contributed by atoms with Crippen molar-refractivity contribution in [2.45, 2.75) is 82.9 Å². The number of hydrogen-bond donors (Lipinski definition) is 1. The predicted octanol–water partition coefficient (Wildman–Crippen LogP) is 4.55. The van der Waals surface area contributed by atoms with Crippen molar-refractivity contribution in [3.05, 3.63) is 47.7 Å². The van der Waals surface area contributed by atoms with Crippen LogP contribution in [0.3, 0.4) is 0 Å². The van der Waals surface area contributed by atoms with E-state index in [9.17, 15) is 4.79 Å². The molecule has 2 aliphatic heterocycles. The maximum atomic E-state index is 13.4. The molecule has 2 amide bonds. The summed E-state index contributed by atoms with van der Waals surface area (Å²) < 4.78 is 12.3. The standard InChI is InChI=1S/C25H37N5O4Si/c1-24(2,3)35(4,5)33-16-18(26)21-27-28-22(34-21)19-13-25(11-12-25)20-14-29(19)23(31)30(20)32-15-17-9-7-6-8-10-17/h6-10,18-20H,11-16,26H2,1-5H3/t18-,19+,20-/m1/s1. The zero-order chi connectivity index (χ0) is 25.0. The molecule has 9 nitrogen and oxygen atoms in total. The molecule has 3 atom stereocenters. The number of hydrogen-bond acceptors (Lipinski definition) is 7. The van der Waals surface area contributed by atoms with Gasteiger partial charge in [-0.2, -0.15) is 5.06 Å². The van der Waals surface area contributed by atoms with Gasteiger partial charge in [0.15, 0.2) is 8.32 Å². The number of aromatic nitrogens is 2. The first-order valence-corrected chi connectivity index (χ1v) is 15.4. The third-order valence-electron chi connectivity index (χ3n) is 8.36. The maximum absolute atomic E-state index is 13.4. The molecule has 2 N–H and O–H groups in total. The SMILES string of the molecule is CC(C)(C)[Si](C)(C)OC[C@@H](N)c1nnc([C@@H]2CC3(CC3)[C@H]3CN2C(=O)N3OCc2ccccc2)o1. The molecule has 3 heterocycles. The van der Waals surface area contributed by atoms with E-state index in [0.717, 1.165) is 24.8 Å². The highest BCUT2D eigenvalue weighted by Crippen LogP contribution is 2.61. The van der Waals surface area contributed by atoms with E-state index in [0.29, 0.717) is 31.5 Å². The summed E-state index contributed by atoms with van der Waals surface area (Å²) in [5.74, 6) is 0.806. The minimum Gasteiger partial charge on any atom is -0.421 e. The van der Waals surface area contributed by atoms with E-state index in [1.807, 2.05) is 35.2 Å². The van der Waals surface area contributed by atoms with Gasteiger partial charge < -0.3 is 19.5 Å². The molecule has 10 heteroatoms. The lowest BCUT2D eigenvalue weighted by Crippen LogP contribution is -2.42. The van der Waals surface area contributed by atoms with E-state index >= 15 is 0 Å². The van der Waals surface area contributed by atoms with E-state index in [1.54, 1.807) is 5.06 Å². The average molecular weight is 500 g/mol. The Balaban J connectivity index is 1.27. The Morgan fingerprint density at radius 3 is 2.60 bits per heavy atom. The summed E-state index contributed by atoms with van der Waals surface area (Å²) in [4.78, 5) is 21.2. The van der Waals surface area contributed by atoms with E-state index in [1.165, 1.54) is 0 Å². The minimum absolute atomic E-state index is 0.0478. The summed E-state index contributed by atoms with van der Waals surface area (Å²) >= 11 is 0. The smallest absolute Gasteiger partial charge is 0.345 e. The Kier molecular flexibility index (Phi) is 6.06. The molecule has 2 saturated heterocycles. The van der Waals surface area contributed by atoms with Gasteiger partial charge in [-0.1, -0.05) is 51.1 Å². The van der Waals surface area contributed by atoms with Crippen molar-refractivity contribution < 1.29 is 18.5 Å². The van der Waals surface area contributed by atoms with Crippen molar-refractivity contribution in [3.8, 4) is 0 Å². The van der Waals surface area contributed by atoms with Gasteiger partial charge in [0.05, 0.1) is 12.6 Å². The summed E-state index contributed by atoms with van der Waals surface area (Å²) in [6, 6.07) is 9.07. The van der Waals surface area contributed by atoms with Gasteiger partial charge in [-0.15, -0.1) is 10.2 Å².